The molecule has 0 aliphatic rings. The second-order valence-corrected chi connectivity index (χ2v) is 6.47. The van der Waals surface area contributed by atoms with Crippen LogP contribution in [0.3, 0.4) is 0 Å². The topological polar surface area (TPSA) is 106 Å². The van der Waals surface area contributed by atoms with Crippen molar-refractivity contribution in [3.8, 4) is 0 Å². The van der Waals surface area contributed by atoms with E-state index in [1.54, 1.807) is 18.2 Å². The molecule has 140 valence electrons. The molecule has 4 N–H and O–H groups in total. The first-order valence-corrected chi connectivity index (χ1v) is 8.44. The largest absolute Gasteiger partial charge is 0.477 e. The number of halogens is 2. The van der Waals surface area contributed by atoms with Crippen molar-refractivity contribution in [3.05, 3.63) is 74.3 Å². The second-order valence-electron chi connectivity index (χ2n) is 6.06. The third kappa shape index (κ3) is 3.51. The summed E-state index contributed by atoms with van der Waals surface area (Å²) in [6.45, 7) is -0.185. The predicted octanol–water partition coefficient (Wildman–Crippen LogP) is 2.66. The summed E-state index contributed by atoms with van der Waals surface area (Å²) in [6, 6.07) is 7.70. The van der Waals surface area contributed by atoms with Crippen molar-refractivity contribution in [1.29, 1.82) is 0 Å². The Morgan fingerprint density at radius 3 is 2.70 bits per heavy atom. The van der Waals surface area contributed by atoms with Crippen LogP contribution >= 0.6 is 11.6 Å². The number of hydrogen-bond donors (Lipinski definition) is 3. The monoisotopic (exact) mass is 390 g/mol. The number of aliphatic hydroxyl groups is 1. The molecule has 0 radical (unpaired) electrons. The highest BCUT2D eigenvalue weighted by atomic mass is 35.5. The molecule has 0 amide bonds. The molecular weight excluding hydrogens is 375 g/mol. The number of hydrogen-bond acceptors (Lipinski definition) is 4. The van der Waals surface area contributed by atoms with E-state index in [-0.39, 0.29) is 35.7 Å². The maximum atomic E-state index is 14.2. The lowest BCUT2D eigenvalue weighted by atomic mass is 10.00. The van der Waals surface area contributed by atoms with E-state index in [9.17, 15) is 24.2 Å². The van der Waals surface area contributed by atoms with Gasteiger partial charge in [-0.15, -0.1) is 0 Å². The lowest BCUT2D eigenvalue weighted by Gasteiger charge is -2.15. The molecule has 27 heavy (non-hydrogen) atoms. The van der Waals surface area contributed by atoms with Gasteiger partial charge in [-0.25, -0.2) is 9.18 Å². The molecule has 0 saturated carbocycles. The molecule has 0 fully saturated rings. The van der Waals surface area contributed by atoms with Gasteiger partial charge in [0.2, 0.25) is 5.43 Å². The minimum Gasteiger partial charge on any atom is -0.477 e. The highest BCUT2D eigenvalue weighted by Crippen LogP contribution is 2.26. The van der Waals surface area contributed by atoms with Gasteiger partial charge in [-0.1, -0.05) is 23.7 Å². The van der Waals surface area contributed by atoms with Crippen LogP contribution < -0.4 is 11.2 Å². The fraction of sp³-hybridized carbons (Fsp3) is 0.158. The molecule has 0 aliphatic heterocycles. The van der Waals surface area contributed by atoms with Crippen LogP contribution in [0.5, 0.6) is 0 Å². The van der Waals surface area contributed by atoms with Gasteiger partial charge < -0.3 is 20.5 Å². The van der Waals surface area contributed by atoms with E-state index in [0.717, 1.165) is 6.20 Å². The Bertz CT molecular complexity index is 1110. The van der Waals surface area contributed by atoms with Gasteiger partial charge in [-0.3, -0.25) is 4.79 Å². The summed E-state index contributed by atoms with van der Waals surface area (Å²) in [4.78, 5) is 24.0. The first-order chi connectivity index (χ1) is 12.8. The molecule has 0 aliphatic carbocycles. The first kappa shape index (κ1) is 18.9. The molecule has 6 nitrogen and oxygen atoms in total. The Morgan fingerprint density at radius 2 is 2.04 bits per heavy atom. The highest BCUT2D eigenvalue weighted by molar-refractivity contribution is 6.30. The minimum atomic E-state index is -1.38. The standard InChI is InChI=1S/C19H16ClFN2O4/c20-14-3-1-2-11(16(14)21)6-10-7-12-17(15(22)8-10)23(4-5-24)9-13(18(12)25)19(26)27/h1-3,7-9,24H,4-6,22H2,(H,26,27). The fourth-order valence-electron chi connectivity index (χ4n) is 3.08. The van der Waals surface area contributed by atoms with Crippen LogP contribution in [-0.4, -0.2) is 27.4 Å². The lowest BCUT2D eigenvalue weighted by Crippen LogP contribution is -2.20. The molecule has 3 rings (SSSR count). The number of aromatic carboxylic acids is 1. The van der Waals surface area contributed by atoms with Gasteiger partial charge in [0.25, 0.3) is 0 Å². The Labute approximate surface area is 158 Å². The van der Waals surface area contributed by atoms with Crippen molar-refractivity contribution in [2.24, 2.45) is 0 Å². The molecule has 0 bridgehead atoms. The predicted molar refractivity (Wildman–Crippen MR) is 101 cm³/mol. The number of benzene rings is 2. The number of rotatable bonds is 5. The van der Waals surface area contributed by atoms with Gasteiger partial charge in [0.1, 0.15) is 11.4 Å². The number of aliphatic hydroxyl groups excluding tert-OH is 1. The van der Waals surface area contributed by atoms with E-state index >= 15 is 0 Å². The van der Waals surface area contributed by atoms with Gasteiger partial charge in [-0.05, 0) is 29.3 Å². The summed E-state index contributed by atoms with van der Waals surface area (Å²) in [5.74, 6) is -1.94. The third-order valence-electron chi connectivity index (χ3n) is 4.26. The molecule has 1 heterocycles. The first-order valence-electron chi connectivity index (χ1n) is 8.06. The summed E-state index contributed by atoms with van der Waals surface area (Å²) in [6.07, 6.45) is 1.29. The summed E-state index contributed by atoms with van der Waals surface area (Å²) < 4.78 is 15.6. The molecule has 3 aromatic rings. The Hall–Kier alpha value is -2.90. The van der Waals surface area contributed by atoms with Crippen LogP contribution in [0, 0.1) is 5.82 Å². The average molecular weight is 391 g/mol. The van der Waals surface area contributed by atoms with Crippen molar-refractivity contribution < 1.29 is 19.4 Å². The maximum Gasteiger partial charge on any atom is 0.341 e. The zero-order valence-corrected chi connectivity index (χ0v) is 14.8. The van der Waals surface area contributed by atoms with E-state index in [2.05, 4.69) is 0 Å². The molecule has 0 unspecified atom stereocenters. The van der Waals surface area contributed by atoms with Crippen molar-refractivity contribution >= 4 is 34.2 Å². The number of carbonyl (C=O) groups is 1. The average Bonchev–Trinajstić information content (AvgIpc) is 2.61. The molecule has 0 saturated heterocycles. The number of nitrogen functional groups attached to an aromatic ring is 1. The van der Waals surface area contributed by atoms with Crippen LogP contribution in [-0.2, 0) is 13.0 Å². The lowest BCUT2D eigenvalue weighted by molar-refractivity contribution is 0.0694. The number of aromatic nitrogens is 1. The van der Waals surface area contributed by atoms with Crippen molar-refractivity contribution in [3.63, 3.8) is 0 Å². The summed E-state index contributed by atoms with van der Waals surface area (Å²) in [7, 11) is 0. The number of carboxylic acids is 1. The SMILES string of the molecule is Nc1cc(Cc2cccc(Cl)c2F)cc2c(=O)c(C(=O)O)cn(CCO)c12. The molecule has 0 spiro atoms. The van der Waals surface area contributed by atoms with E-state index in [1.165, 1.54) is 16.7 Å². The normalized spacial score (nSPS) is 11.1. The zero-order valence-electron chi connectivity index (χ0n) is 14.1. The number of pyridine rings is 1. The summed E-state index contributed by atoms with van der Waals surface area (Å²) in [5, 5.41) is 18.6. The summed E-state index contributed by atoms with van der Waals surface area (Å²) >= 11 is 5.80. The minimum absolute atomic E-state index is 0.0141. The Morgan fingerprint density at radius 1 is 1.30 bits per heavy atom. The van der Waals surface area contributed by atoms with Gasteiger partial charge in [0.05, 0.1) is 22.8 Å². The summed E-state index contributed by atoms with van der Waals surface area (Å²) in [5.41, 5.74) is 6.40. The van der Waals surface area contributed by atoms with Crippen LogP contribution in [0.15, 0.2) is 41.3 Å². The second kappa shape index (κ2) is 7.38. The zero-order chi connectivity index (χ0) is 19.7. The van der Waals surface area contributed by atoms with Crippen molar-refractivity contribution in [1.82, 2.24) is 4.57 Å². The fourth-order valence-corrected chi connectivity index (χ4v) is 3.27. The van der Waals surface area contributed by atoms with E-state index in [1.807, 2.05) is 0 Å². The van der Waals surface area contributed by atoms with Crippen LogP contribution in [0.2, 0.25) is 5.02 Å². The highest BCUT2D eigenvalue weighted by Gasteiger charge is 2.17. The molecule has 2 aromatic carbocycles. The van der Waals surface area contributed by atoms with Crippen LogP contribution in [0.4, 0.5) is 10.1 Å². The third-order valence-corrected chi connectivity index (χ3v) is 4.55. The van der Waals surface area contributed by atoms with Gasteiger partial charge in [-0.2, -0.15) is 0 Å². The van der Waals surface area contributed by atoms with Gasteiger partial charge >= 0.3 is 5.97 Å². The van der Waals surface area contributed by atoms with Crippen LogP contribution in [0.1, 0.15) is 21.5 Å². The van der Waals surface area contributed by atoms with Gasteiger partial charge in [0, 0.05) is 24.5 Å². The molecular formula is C19H16ClFN2O4. The van der Waals surface area contributed by atoms with Gasteiger partial charge in [0.15, 0.2) is 0 Å². The van der Waals surface area contributed by atoms with E-state index in [4.69, 9.17) is 17.3 Å². The smallest absolute Gasteiger partial charge is 0.341 e. The number of nitrogens with zero attached hydrogens (tertiary/aromatic N) is 1. The quantitative estimate of drug-likeness (QED) is 0.581. The number of nitrogens with two attached hydrogens (primary N) is 1. The molecule has 1 aromatic heterocycles. The number of anilines is 1. The Kier molecular flexibility index (Phi) is 5.16. The number of fused-ring (bicyclic) bond motifs is 1. The maximum absolute atomic E-state index is 14.2. The van der Waals surface area contributed by atoms with Crippen LogP contribution in [0.25, 0.3) is 10.9 Å². The van der Waals surface area contributed by atoms with E-state index in [0.29, 0.717) is 16.6 Å². The Balaban J connectivity index is 2.23. The van der Waals surface area contributed by atoms with Crippen molar-refractivity contribution in [2.45, 2.75) is 13.0 Å². The molecule has 8 heteroatoms. The van der Waals surface area contributed by atoms with Crippen molar-refractivity contribution in [2.75, 3.05) is 12.3 Å². The number of carboxylic acid groups (broad SMARTS) is 1. The molecule has 0 atom stereocenters. The van der Waals surface area contributed by atoms with E-state index < -0.39 is 22.8 Å².